The quantitative estimate of drug-likeness (QED) is 0.702. The average molecular weight is 290 g/mol. The Balaban J connectivity index is 1.63. The van der Waals surface area contributed by atoms with Gasteiger partial charge in [0.05, 0.1) is 6.61 Å². The van der Waals surface area contributed by atoms with E-state index in [-0.39, 0.29) is 5.82 Å². The molecule has 0 unspecified atom stereocenters. The van der Waals surface area contributed by atoms with Gasteiger partial charge < -0.3 is 4.74 Å². The number of halogens is 1. The Morgan fingerprint density at radius 1 is 1.00 bits per heavy atom. The van der Waals surface area contributed by atoms with Gasteiger partial charge in [0.25, 0.3) is 0 Å². The minimum Gasteiger partial charge on any atom is -0.490 e. The number of rotatable bonds is 5. The van der Waals surface area contributed by atoms with E-state index in [2.05, 4.69) is 6.07 Å². The van der Waals surface area contributed by atoms with Gasteiger partial charge in [-0.15, -0.1) is 0 Å². The van der Waals surface area contributed by atoms with Gasteiger partial charge >= 0.3 is 0 Å². The Labute approximate surface area is 127 Å². The lowest BCUT2D eigenvalue weighted by Crippen LogP contribution is -2.10. The van der Waals surface area contributed by atoms with E-state index in [0.29, 0.717) is 18.3 Å². The summed E-state index contributed by atoms with van der Waals surface area (Å²) in [4.78, 5) is 0. The minimum atomic E-state index is -0.136. The van der Waals surface area contributed by atoms with Crippen LogP contribution in [0.15, 0.2) is 12.1 Å². The van der Waals surface area contributed by atoms with E-state index in [1.54, 1.807) is 0 Å². The fourth-order valence-corrected chi connectivity index (χ4v) is 3.94. The molecular weight excluding hydrogens is 263 g/mol. The third-order valence-corrected chi connectivity index (χ3v) is 5.40. The van der Waals surface area contributed by atoms with E-state index in [1.807, 2.05) is 13.0 Å². The average Bonchev–Trinajstić information content (AvgIpc) is 3.16. The van der Waals surface area contributed by atoms with Crippen LogP contribution in [0.3, 0.4) is 0 Å². The third kappa shape index (κ3) is 3.59. The summed E-state index contributed by atoms with van der Waals surface area (Å²) in [6, 6.07) is 3.93. The van der Waals surface area contributed by atoms with Crippen LogP contribution in [0.2, 0.25) is 0 Å². The molecule has 21 heavy (non-hydrogen) atoms. The molecule has 0 radical (unpaired) electrons. The predicted molar refractivity (Wildman–Crippen MR) is 84.3 cm³/mol. The lowest BCUT2D eigenvalue weighted by molar-refractivity contribution is 0.241. The first-order valence-corrected chi connectivity index (χ1v) is 8.65. The lowest BCUT2D eigenvalue weighted by Gasteiger charge is -2.16. The van der Waals surface area contributed by atoms with Crippen molar-refractivity contribution in [2.45, 2.75) is 64.7 Å². The molecule has 1 aromatic carbocycles. The first-order chi connectivity index (χ1) is 10.2. The molecule has 2 fully saturated rings. The van der Waals surface area contributed by atoms with Crippen molar-refractivity contribution in [3.05, 3.63) is 29.1 Å². The Bertz CT molecular complexity index is 471. The van der Waals surface area contributed by atoms with Crippen LogP contribution >= 0.6 is 0 Å². The summed E-state index contributed by atoms with van der Waals surface area (Å²) in [6.45, 7) is 2.58. The van der Waals surface area contributed by atoms with Gasteiger partial charge in [-0.2, -0.15) is 0 Å². The molecule has 0 atom stereocenters. The van der Waals surface area contributed by atoms with Gasteiger partial charge in [-0.25, -0.2) is 4.39 Å². The molecule has 3 rings (SSSR count). The zero-order valence-electron chi connectivity index (χ0n) is 13.2. The van der Waals surface area contributed by atoms with Crippen LogP contribution in [0.4, 0.5) is 4.39 Å². The molecule has 2 heteroatoms. The second-order valence-electron chi connectivity index (χ2n) is 6.98. The Morgan fingerprint density at radius 3 is 2.29 bits per heavy atom. The van der Waals surface area contributed by atoms with Crippen molar-refractivity contribution >= 4 is 0 Å². The second kappa shape index (κ2) is 6.81. The largest absolute Gasteiger partial charge is 0.490 e. The van der Waals surface area contributed by atoms with E-state index in [9.17, 15) is 4.39 Å². The second-order valence-corrected chi connectivity index (χ2v) is 6.98. The van der Waals surface area contributed by atoms with Crippen molar-refractivity contribution in [2.75, 3.05) is 6.61 Å². The van der Waals surface area contributed by atoms with Gasteiger partial charge in [0.15, 0.2) is 11.6 Å². The predicted octanol–water partition coefficient (Wildman–Crippen LogP) is 5.44. The monoisotopic (exact) mass is 290 g/mol. The van der Waals surface area contributed by atoms with Gasteiger partial charge in [0, 0.05) is 0 Å². The highest BCUT2D eigenvalue weighted by Gasteiger charge is 2.20. The SMILES string of the molecule is Cc1c(CC2CCCC2)ccc(OCC2CCCC2)c1F. The first-order valence-electron chi connectivity index (χ1n) is 8.65. The molecule has 0 aromatic heterocycles. The zero-order chi connectivity index (χ0) is 14.7. The van der Waals surface area contributed by atoms with Crippen LogP contribution in [0.25, 0.3) is 0 Å². The molecule has 1 aromatic rings. The van der Waals surface area contributed by atoms with Crippen molar-refractivity contribution in [2.24, 2.45) is 11.8 Å². The molecule has 2 saturated carbocycles. The van der Waals surface area contributed by atoms with E-state index >= 15 is 0 Å². The Kier molecular flexibility index (Phi) is 4.82. The highest BCUT2D eigenvalue weighted by atomic mass is 19.1. The summed E-state index contributed by atoms with van der Waals surface area (Å²) >= 11 is 0. The summed E-state index contributed by atoms with van der Waals surface area (Å²) in [5.41, 5.74) is 1.97. The summed E-state index contributed by atoms with van der Waals surface area (Å²) in [5, 5.41) is 0. The van der Waals surface area contributed by atoms with Crippen LogP contribution in [0, 0.1) is 24.6 Å². The van der Waals surface area contributed by atoms with Crippen LogP contribution in [-0.4, -0.2) is 6.61 Å². The maximum Gasteiger partial charge on any atom is 0.168 e. The maximum absolute atomic E-state index is 14.5. The van der Waals surface area contributed by atoms with Gasteiger partial charge in [0.1, 0.15) is 0 Å². The van der Waals surface area contributed by atoms with Gasteiger partial charge in [-0.3, -0.25) is 0 Å². The van der Waals surface area contributed by atoms with Crippen molar-refractivity contribution in [3.63, 3.8) is 0 Å². The van der Waals surface area contributed by atoms with Crippen molar-refractivity contribution in [3.8, 4) is 5.75 Å². The fourth-order valence-electron chi connectivity index (χ4n) is 3.94. The first kappa shape index (κ1) is 14.9. The molecule has 0 bridgehead atoms. The fraction of sp³-hybridized carbons (Fsp3) is 0.684. The molecule has 0 saturated heterocycles. The van der Waals surface area contributed by atoms with E-state index in [1.165, 1.54) is 56.9 Å². The topological polar surface area (TPSA) is 9.23 Å². The summed E-state index contributed by atoms with van der Waals surface area (Å²) < 4.78 is 20.2. The molecule has 0 spiro atoms. The van der Waals surface area contributed by atoms with Crippen LogP contribution in [0.1, 0.15) is 62.5 Å². The molecule has 2 aliphatic rings. The molecule has 1 nitrogen and oxygen atoms in total. The molecule has 0 aliphatic heterocycles. The number of benzene rings is 1. The molecule has 0 N–H and O–H groups in total. The molecule has 116 valence electrons. The maximum atomic E-state index is 14.5. The van der Waals surface area contributed by atoms with E-state index in [4.69, 9.17) is 4.74 Å². The van der Waals surface area contributed by atoms with Crippen molar-refractivity contribution < 1.29 is 9.13 Å². The summed E-state index contributed by atoms with van der Waals surface area (Å²) in [5.74, 6) is 1.70. The Hall–Kier alpha value is -1.05. The number of ether oxygens (including phenoxy) is 1. The number of hydrogen-bond donors (Lipinski definition) is 0. The van der Waals surface area contributed by atoms with Crippen molar-refractivity contribution in [1.29, 1.82) is 0 Å². The summed E-state index contributed by atoms with van der Waals surface area (Å²) in [6.07, 6.45) is 11.4. The standard InChI is InChI=1S/C19H27FO/c1-14-17(12-15-6-2-3-7-15)10-11-18(19(14)20)21-13-16-8-4-5-9-16/h10-11,15-16H,2-9,12-13H2,1H3. The van der Waals surface area contributed by atoms with Crippen molar-refractivity contribution in [1.82, 2.24) is 0 Å². The lowest BCUT2D eigenvalue weighted by atomic mass is 9.94. The van der Waals surface area contributed by atoms with Gasteiger partial charge in [-0.1, -0.05) is 44.6 Å². The molecule has 0 amide bonds. The minimum absolute atomic E-state index is 0.136. The summed E-state index contributed by atoms with van der Waals surface area (Å²) in [7, 11) is 0. The highest BCUT2D eigenvalue weighted by Crippen LogP contribution is 2.32. The Morgan fingerprint density at radius 2 is 1.62 bits per heavy atom. The highest BCUT2D eigenvalue weighted by molar-refractivity contribution is 5.37. The van der Waals surface area contributed by atoms with E-state index in [0.717, 1.165) is 17.9 Å². The van der Waals surface area contributed by atoms with Crippen LogP contribution in [0.5, 0.6) is 5.75 Å². The van der Waals surface area contributed by atoms with Crippen LogP contribution < -0.4 is 4.74 Å². The molecule has 2 aliphatic carbocycles. The molecular formula is C19H27FO. The normalized spacial score (nSPS) is 20.3. The third-order valence-electron chi connectivity index (χ3n) is 5.40. The zero-order valence-corrected chi connectivity index (χ0v) is 13.2. The van der Waals surface area contributed by atoms with Gasteiger partial charge in [-0.05, 0) is 55.2 Å². The van der Waals surface area contributed by atoms with E-state index < -0.39 is 0 Å². The number of hydrogen-bond acceptors (Lipinski definition) is 1. The van der Waals surface area contributed by atoms with Crippen LogP contribution in [-0.2, 0) is 6.42 Å². The molecule has 0 heterocycles. The smallest absolute Gasteiger partial charge is 0.168 e. The van der Waals surface area contributed by atoms with Gasteiger partial charge in [0.2, 0.25) is 0 Å².